The number of halogens is 2. The Balaban J connectivity index is 1.27. The zero-order valence-electron chi connectivity index (χ0n) is 23.5. The van der Waals surface area contributed by atoms with Crippen molar-refractivity contribution in [2.45, 2.75) is 81.7 Å². The number of morpholine rings is 1. The highest BCUT2D eigenvalue weighted by molar-refractivity contribution is 9.10. The minimum Gasteiger partial charge on any atom is -0.444 e. The van der Waals surface area contributed by atoms with Gasteiger partial charge in [0.1, 0.15) is 11.4 Å². The normalized spacial score (nSPS) is 26.6. The van der Waals surface area contributed by atoms with E-state index in [0.29, 0.717) is 42.6 Å². The molecule has 40 heavy (non-hydrogen) atoms. The fourth-order valence-corrected chi connectivity index (χ4v) is 8.67. The van der Waals surface area contributed by atoms with Crippen LogP contribution in [0.4, 0.5) is 10.6 Å². The van der Waals surface area contributed by atoms with Crippen LogP contribution >= 0.6 is 39.3 Å². The number of amides is 1. The second-order valence-electron chi connectivity index (χ2n) is 12.4. The molecule has 9 nitrogen and oxygen atoms in total. The topological polar surface area (TPSA) is 80.1 Å². The molecule has 1 aromatic heterocycles. The van der Waals surface area contributed by atoms with Gasteiger partial charge in [-0.05, 0) is 75.5 Å². The van der Waals surface area contributed by atoms with Gasteiger partial charge in [-0.1, -0.05) is 11.6 Å². The van der Waals surface area contributed by atoms with Crippen LogP contribution in [0.3, 0.4) is 0 Å². The molecule has 1 aromatic carbocycles. The number of benzene rings is 1. The van der Waals surface area contributed by atoms with Gasteiger partial charge in [-0.3, -0.25) is 9.47 Å². The average molecular weight is 655 g/mol. The number of hydrogen-bond acceptors (Lipinski definition) is 8. The molecule has 0 N–H and O–H groups in total. The third-order valence-corrected chi connectivity index (χ3v) is 11.2. The molecule has 0 unspecified atom stereocenters. The minimum absolute atomic E-state index is 0.0516. The highest BCUT2D eigenvalue weighted by atomic mass is 79.9. The molecule has 1 amide bonds. The first-order chi connectivity index (χ1) is 19.0. The van der Waals surface area contributed by atoms with E-state index in [1.165, 1.54) is 0 Å². The number of piperazine rings is 1. The first-order valence-electron chi connectivity index (χ1n) is 14.2. The van der Waals surface area contributed by atoms with Crippen LogP contribution < -0.4 is 10.6 Å². The molecule has 0 radical (unpaired) electrons. The van der Waals surface area contributed by atoms with Crippen LogP contribution in [0.5, 0.6) is 0 Å². The third kappa shape index (κ3) is 5.37. The fraction of sp³-hybridized carbons (Fsp3) is 0.679. The standard InChI is InChI=1S/C28H37BrClN5O4S/c1-16-12-33(27(37)39-28(2,3)4)8-9-34(16)25-20-11-21(30)22(29)24-23(20)35(26(36)31-25)17(15-40-24)6-5-7-32-13-19-10-18(32)14-38-19/h11,16-19H,5-10,12-15H2,1-4H3/t16-,17+,18-,19-/m0/s1. The highest BCUT2D eigenvalue weighted by Crippen LogP contribution is 2.46. The largest absolute Gasteiger partial charge is 0.444 e. The Kier molecular flexibility index (Phi) is 7.82. The van der Waals surface area contributed by atoms with Gasteiger partial charge in [0.05, 0.1) is 27.7 Å². The monoisotopic (exact) mass is 653 g/mol. The smallest absolute Gasteiger partial charge is 0.410 e. The number of anilines is 1. The summed E-state index contributed by atoms with van der Waals surface area (Å²) in [5, 5.41) is 1.49. The van der Waals surface area contributed by atoms with Crippen LogP contribution in [0.25, 0.3) is 10.9 Å². The van der Waals surface area contributed by atoms with Crippen molar-refractivity contribution >= 4 is 62.1 Å². The third-order valence-electron chi connectivity index (χ3n) is 8.37. The molecule has 12 heteroatoms. The van der Waals surface area contributed by atoms with Gasteiger partial charge in [-0.25, -0.2) is 9.59 Å². The van der Waals surface area contributed by atoms with Gasteiger partial charge < -0.3 is 19.3 Å². The molecule has 3 fully saturated rings. The summed E-state index contributed by atoms with van der Waals surface area (Å²) in [5.41, 5.74) is 0.131. The SMILES string of the molecule is C[C@H]1CN(C(=O)OC(C)(C)C)CCN1c1nc(=O)n2c3c(c(Br)c(Cl)cc13)SC[C@H]2CCCN1C[C@@H]2C[C@H]1CO2. The van der Waals surface area contributed by atoms with Crippen LogP contribution in [-0.4, -0.2) is 94.3 Å². The van der Waals surface area contributed by atoms with Crippen molar-refractivity contribution in [1.82, 2.24) is 19.4 Å². The van der Waals surface area contributed by atoms with E-state index >= 15 is 0 Å². The number of thioether (sulfide) groups is 1. The van der Waals surface area contributed by atoms with E-state index in [2.05, 4.69) is 37.6 Å². The predicted octanol–water partition coefficient (Wildman–Crippen LogP) is 5.16. The lowest BCUT2D eigenvalue weighted by Gasteiger charge is -2.41. The van der Waals surface area contributed by atoms with Crippen molar-refractivity contribution in [2.24, 2.45) is 0 Å². The molecule has 0 saturated carbocycles. The Morgan fingerprint density at radius 1 is 1.30 bits per heavy atom. The van der Waals surface area contributed by atoms with E-state index in [-0.39, 0.29) is 23.9 Å². The van der Waals surface area contributed by atoms with E-state index in [0.717, 1.165) is 65.0 Å². The maximum Gasteiger partial charge on any atom is 0.410 e. The Bertz CT molecular complexity index is 1380. The molecule has 4 atom stereocenters. The summed E-state index contributed by atoms with van der Waals surface area (Å²) in [6.07, 6.45) is 3.18. The van der Waals surface area contributed by atoms with Crippen molar-refractivity contribution in [1.29, 1.82) is 0 Å². The van der Waals surface area contributed by atoms with Crippen molar-refractivity contribution in [2.75, 3.05) is 50.0 Å². The lowest BCUT2D eigenvalue weighted by Crippen LogP contribution is -2.55. The molecule has 4 aliphatic heterocycles. The molecule has 5 heterocycles. The molecule has 0 spiro atoms. The maximum atomic E-state index is 13.7. The molecule has 2 aromatic rings. The number of fused-ring (bicyclic) bond motifs is 2. The number of likely N-dealkylation sites (tertiary alicyclic amines) is 1. The minimum atomic E-state index is -0.551. The van der Waals surface area contributed by atoms with Gasteiger partial charge in [0, 0.05) is 60.3 Å². The highest BCUT2D eigenvalue weighted by Gasteiger charge is 2.39. The Morgan fingerprint density at radius 3 is 2.77 bits per heavy atom. The number of rotatable bonds is 5. The first kappa shape index (κ1) is 28.6. The number of ether oxygens (including phenoxy) is 2. The Hall–Kier alpha value is -1.53. The summed E-state index contributed by atoms with van der Waals surface area (Å²) in [6.45, 7) is 12.1. The summed E-state index contributed by atoms with van der Waals surface area (Å²) in [7, 11) is 0. The van der Waals surface area contributed by atoms with Gasteiger partial charge >= 0.3 is 11.8 Å². The summed E-state index contributed by atoms with van der Waals surface area (Å²) in [5.74, 6) is 1.44. The zero-order valence-corrected chi connectivity index (χ0v) is 26.6. The molecular formula is C28H37BrClN5O4S. The van der Waals surface area contributed by atoms with Crippen LogP contribution in [-0.2, 0) is 9.47 Å². The summed E-state index contributed by atoms with van der Waals surface area (Å²) in [6, 6.07) is 2.50. The predicted molar refractivity (Wildman–Crippen MR) is 162 cm³/mol. The Morgan fingerprint density at radius 2 is 2.10 bits per heavy atom. The first-order valence-corrected chi connectivity index (χ1v) is 16.3. The quantitative estimate of drug-likeness (QED) is 0.438. The van der Waals surface area contributed by atoms with E-state index in [1.54, 1.807) is 16.7 Å². The second kappa shape index (κ2) is 10.9. The number of nitrogens with zero attached hydrogens (tertiary/aromatic N) is 5. The fourth-order valence-electron chi connectivity index (χ4n) is 6.51. The van der Waals surface area contributed by atoms with Crippen LogP contribution in [0.15, 0.2) is 20.2 Å². The molecule has 6 rings (SSSR count). The molecule has 4 aliphatic rings. The van der Waals surface area contributed by atoms with Crippen molar-refractivity contribution in [3.63, 3.8) is 0 Å². The number of carbonyl (C=O) groups excluding carboxylic acids is 1. The lowest BCUT2D eigenvalue weighted by atomic mass is 10.1. The van der Waals surface area contributed by atoms with E-state index in [9.17, 15) is 9.59 Å². The number of aromatic nitrogens is 2. The second-order valence-corrected chi connectivity index (χ2v) is 14.6. The van der Waals surface area contributed by atoms with Gasteiger partial charge in [0.25, 0.3) is 0 Å². The van der Waals surface area contributed by atoms with Crippen LogP contribution in [0, 0.1) is 0 Å². The maximum absolute atomic E-state index is 13.7. The number of hydrogen-bond donors (Lipinski definition) is 0. The van der Waals surface area contributed by atoms with Crippen molar-refractivity contribution < 1.29 is 14.3 Å². The van der Waals surface area contributed by atoms with Crippen molar-refractivity contribution in [3.8, 4) is 0 Å². The summed E-state index contributed by atoms with van der Waals surface area (Å²) in [4.78, 5) is 38.5. The Labute approximate surface area is 252 Å². The molecular weight excluding hydrogens is 618 g/mol. The average Bonchev–Trinajstić information content (AvgIpc) is 3.51. The van der Waals surface area contributed by atoms with Gasteiger partial charge in [-0.2, -0.15) is 4.98 Å². The zero-order chi connectivity index (χ0) is 28.3. The lowest BCUT2D eigenvalue weighted by molar-refractivity contribution is 0.0218. The molecule has 0 aliphatic carbocycles. The van der Waals surface area contributed by atoms with Gasteiger partial charge in [-0.15, -0.1) is 11.8 Å². The molecule has 3 saturated heterocycles. The molecule has 2 bridgehead atoms. The summed E-state index contributed by atoms with van der Waals surface area (Å²) < 4.78 is 14.1. The van der Waals surface area contributed by atoms with Crippen LogP contribution in [0.2, 0.25) is 5.02 Å². The van der Waals surface area contributed by atoms with E-state index in [1.807, 2.05) is 31.4 Å². The van der Waals surface area contributed by atoms with Gasteiger partial charge in [0.2, 0.25) is 0 Å². The van der Waals surface area contributed by atoms with Crippen LogP contribution in [0.1, 0.15) is 53.0 Å². The number of carbonyl (C=O) groups is 1. The van der Waals surface area contributed by atoms with E-state index < -0.39 is 5.60 Å². The van der Waals surface area contributed by atoms with E-state index in [4.69, 9.17) is 21.1 Å². The van der Waals surface area contributed by atoms with Gasteiger partial charge in [0.15, 0.2) is 0 Å². The van der Waals surface area contributed by atoms with Crippen molar-refractivity contribution in [3.05, 3.63) is 26.0 Å². The molecule has 218 valence electrons. The summed E-state index contributed by atoms with van der Waals surface area (Å²) >= 11 is 12.2.